The van der Waals surface area contributed by atoms with Gasteiger partial charge in [-0.05, 0) is 19.4 Å². The minimum absolute atomic E-state index is 0.193. The molecule has 1 amide bonds. The SMILES string of the molecule is CCOCCn1ncc2nc(N3CC[C@@H](C(N)=O)C3)nc(Nc3ccncn3)c21. The monoisotopic (exact) mass is 397 g/mol. The Bertz CT molecular complexity index is 992. The summed E-state index contributed by atoms with van der Waals surface area (Å²) in [5.74, 6) is 1.24. The number of aromatic nitrogens is 6. The maximum Gasteiger partial charge on any atom is 0.228 e. The lowest BCUT2D eigenvalue weighted by atomic mass is 10.1. The highest BCUT2D eigenvalue weighted by Gasteiger charge is 2.29. The number of amides is 1. The minimum atomic E-state index is -0.295. The second-order valence-corrected chi connectivity index (χ2v) is 6.72. The van der Waals surface area contributed by atoms with Crippen molar-refractivity contribution in [2.24, 2.45) is 11.7 Å². The maximum atomic E-state index is 11.5. The summed E-state index contributed by atoms with van der Waals surface area (Å²) in [6.07, 6.45) is 5.52. The molecule has 3 aromatic heterocycles. The summed E-state index contributed by atoms with van der Waals surface area (Å²) in [6.45, 7) is 4.88. The Balaban J connectivity index is 1.70. The van der Waals surface area contributed by atoms with Gasteiger partial charge in [0, 0.05) is 25.9 Å². The molecule has 3 aromatic rings. The fourth-order valence-corrected chi connectivity index (χ4v) is 3.34. The molecular formula is C18H23N9O2. The first-order valence-corrected chi connectivity index (χ1v) is 9.54. The molecule has 0 saturated carbocycles. The molecule has 4 rings (SSSR count). The van der Waals surface area contributed by atoms with Gasteiger partial charge in [-0.3, -0.25) is 9.48 Å². The lowest BCUT2D eigenvalue weighted by Gasteiger charge is -2.17. The molecule has 0 unspecified atom stereocenters. The molecule has 1 fully saturated rings. The molecule has 1 atom stereocenters. The van der Waals surface area contributed by atoms with E-state index in [0.29, 0.717) is 62.4 Å². The normalized spacial score (nSPS) is 16.4. The predicted molar refractivity (Wildman–Crippen MR) is 107 cm³/mol. The van der Waals surface area contributed by atoms with Crippen molar-refractivity contribution in [3.8, 4) is 0 Å². The van der Waals surface area contributed by atoms with Crippen molar-refractivity contribution in [1.29, 1.82) is 0 Å². The summed E-state index contributed by atoms with van der Waals surface area (Å²) in [7, 11) is 0. The zero-order chi connectivity index (χ0) is 20.2. The number of anilines is 3. The molecule has 0 radical (unpaired) electrons. The van der Waals surface area contributed by atoms with E-state index < -0.39 is 0 Å². The highest BCUT2D eigenvalue weighted by molar-refractivity contribution is 5.88. The number of hydrogen-bond acceptors (Lipinski definition) is 9. The topological polar surface area (TPSA) is 137 Å². The Morgan fingerprint density at radius 3 is 3.03 bits per heavy atom. The van der Waals surface area contributed by atoms with Gasteiger partial charge in [0.2, 0.25) is 11.9 Å². The van der Waals surface area contributed by atoms with Gasteiger partial charge in [-0.2, -0.15) is 10.1 Å². The molecule has 29 heavy (non-hydrogen) atoms. The molecule has 0 aliphatic carbocycles. The molecule has 11 nitrogen and oxygen atoms in total. The summed E-state index contributed by atoms with van der Waals surface area (Å²) in [6, 6.07) is 1.76. The third-order valence-corrected chi connectivity index (χ3v) is 4.83. The molecule has 1 aliphatic rings. The van der Waals surface area contributed by atoms with Gasteiger partial charge in [-0.25, -0.2) is 15.0 Å². The number of fused-ring (bicyclic) bond motifs is 1. The summed E-state index contributed by atoms with van der Waals surface area (Å²) in [5.41, 5.74) is 6.93. The molecule has 4 heterocycles. The van der Waals surface area contributed by atoms with E-state index in [4.69, 9.17) is 15.5 Å². The van der Waals surface area contributed by atoms with Crippen molar-refractivity contribution in [3.63, 3.8) is 0 Å². The lowest BCUT2D eigenvalue weighted by Crippen LogP contribution is -2.28. The van der Waals surface area contributed by atoms with Gasteiger partial charge < -0.3 is 20.7 Å². The van der Waals surface area contributed by atoms with Gasteiger partial charge in [0.25, 0.3) is 0 Å². The number of carbonyl (C=O) groups excluding carboxylic acids is 1. The van der Waals surface area contributed by atoms with Crippen LogP contribution >= 0.6 is 0 Å². The first kappa shape index (κ1) is 19.0. The number of carbonyl (C=O) groups is 1. The van der Waals surface area contributed by atoms with Crippen LogP contribution in [0.25, 0.3) is 11.0 Å². The minimum Gasteiger partial charge on any atom is -0.380 e. The number of rotatable bonds is 8. The highest BCUT2D eigenvalue weighted by atomic mass is 16.5. The average Bonchev–Trinajstić information content (AvgIpc) is 3.37. The quantitative estimate of drug-likeness (QED) is 0.526. The van der Waals surface area contributed by atoms with Crippen LogP contribution in [0.3, 0.4) is 0 Å². The van der Waals surface area contributed by atoms with Crippen LogP contribution in [-0.4, -0.2) is 61.9 Å². The van der Waals surface area contributed by atoms with Gasteiger partial charge in [-0.1, -0.05) is 0 Å². The number of primary amides is 1. The third kappa shape index (κ3) is 4.09. The molecule has 11 heteroatoms. The number of ether oxygens (including phenoxy) is 1. The van der Waals surface area contributed by atoms with Gasteiger partial charge in [0.1, 0.15) is 23.2 Å². The van der Waals surface area contributed by atoms with Crippen molar-refractivity contribution >= 4 is 34.5 Å². The molecule has 1 saturated heterocycles. The molecule has 0 aromatic carbocycles. The Hall–Kier alpha value is -3.34. The van der Waals surface area contributed by atoms with Crippen LogP contribution in [-0.2, 0) is 16.1 Å². The average molecular weight is 397 g/mol. The molecule has 0 spiro atoms. The van der Waals surface area contributed by atoms with Crippen molar-refractivity contribution in [2.75, 3.05) is 36.5 Å². The second kappa shape index (κ2) is 8.35. The third-order valence-electron chi connectivity index (χ3n) is 4.83. The van der Waals surface area contributed by atoms with Gasteiger partial charge in [0.05, 0.1) is 25.3 Å². The highest BCUT2D eigenvalue weighted by Crippen LogP contribution is 2.28. The Morgan fingerprint density at radius 1 is 1.41 bits per heavy atom. The van der Waals surface area contributed by atoms with E-state index in [0.717, 1.165) is 5.52 Å². The summed E-state index contributed by atoms with van der Waals surface area (Å²) < 4.78 is 7.27. The van der Waals surface area contributed by atoms with Crippen LogP contribution in [0.4, 0.5) is 17.6 Å². The van der Waals surface area contributed by atoms with Crippen LogP contribution in [0.5, 0.6) is 0 Å². The molecule has 3 N–H and O–H groups in total. The van der Waals surface area contributed by atoms with E-state index in [-0.39, 0.29) is 11.8 Å². The van der Waals surface area contributed by atoms with E-state index >= 15 is 0 Å². The van der Waals surface area contributed by atoms with E-state index in [2.05, 4.69) is 25.4 Å². The Kier molecular flexibility index (Phi) is 5.47. The first-order valence-electron chi connectivity index (χ1n) is 9.54. The largest absolute Gasteiger partial charge is 0.380 e. The van der Waals surface area contributed by atoms with E-state index in [1.165, 1.54) is 6.33 Å². The van der Waals surface area contributed by atoms with E-state index in [1.54, 1.807) is 18.5 Å². The summed E-state index contributed by atoms with van der Waals surface area (Å²) >= 11 is 0. The van der Waals surface area contributed by atoms with Crippen molar-refractivity contribution in [1.82, 2.24) is 29.7 Å². The second-order valence-electron chi connectivity index (χ2n) is 6.72. The van der Waals surface area contributed by atoms with Crippen LogP contribution in [0.1, 0.15) is 13.3 Å². The van der Waals surface area contributed by atoms with Gasteiger partial charge in [0.15, 0.2) is 5.82 Å². The maximum absolute atomic E-state index is 11.5. The fraction of sp³-hybridized carbons (Fsp3) is 0.444. The Labute approximate surface area is 167 Å². The fourth-order valence-electron chi connectivity index (χ4n) is 3.34. The number of nitrogens with two attached hydrogens (primary N) is 1. The van der Waals surface area contributed by atoms with E-state index in [9.17, 15) is 4.79 Å². The van der Waals surface area contributed by atoms with Crippen LogP contribution in [0, 0.1) is 5.92 Å². The van der Waals surface area contributed by atoms with Gasteiger partial charge in [-0.15, -0.1) is 0 Å². The van der Waals surface area contributed by atoms with E-state index in [1.807, 2.05) is 16.5 Å². The standard InChI is InChI=1S/C18H23N9O2/c1-2-29-8-7-27-15-13(9-22-27)23-18(26-6-4-12(10-26)16(19)28)25-17(15)24-14-3-5-20-11-21-14/h3,5,9,11-12H,2,4,6-8,10H2,1H3,(H2,19,28)(H,20,21,23,24,25)/t12-/m1/s1. The smallest absolute Gasteiger partial charge is 0.228 e. The number of nitrogens with zero attached hydrogens (tertiary/aromatic N) is 7. The van der Waals surface area contributed by atoms with Crippen LogP contribution in [0.15, 0.2) is 24.8 Å². The predicted octanol–water partition coefficient (Wildman–Crippen LogP) is 0.708. The molecule has 152 valence electrons. The zero-order valence-corrected chi connectivity index (χ0v) is 16.2. The molecule has 0 bridgehead atoms. The van der Waals surface area contributed by atoms with Crippen molar-refractivity contribution < 1.29 is 9.53 Å². The number of hydrogen-bond donors (Lipinski definition) is 2. The summed E-state index contributed by atoms with van der Waals surface area (Å²) in [5, 5.41) is 7.69. The molecule has 1 aliphatic heterocycles. The van der Waals surface area contributed by atoms with Crippen LogP contribution < -0.4 is 16.0 Å². The zero-order valence-electron chi connectivity index (χ0n) is 16.2. The van der Waals surface area contributed by atoms with Crippen molar-refractivity contribution in [3.05, 3.63) is 24.8 Å². The Morgan fingerprint density at radius 2 is 2.31 bits per heavy atom. The van der Waals surface area contributed by atoms with Crippen LogP contribution in [0.2, 0.25) is 0 Å². The lowest BCUT2D eigenvalue weighted by molar-refractivity contribution is -0.121. The summed E-state index contributed by atoms with van der Waals surface area (Å²) in [4.78, 5) is 31.1. The van der Waals surface area contributed by atoms with Crippen molar-refractivity contribution in [2.45, 2.75) is 19.9 Å². The first-order chi connectivity index (χ1) is 14.2. The molecular weight excluding hydrogens is 374 g/mol. The number of nitrogens with one attached hydrogen (secondary N) is 1. The van der Waals surface area contributed by atoms with Gasteiger partial charge >= 0.3 is 0 Å².